The van der Waals surface area contributed by atoms with Crippen molar-refractivity contribution in [1.29, 1.82) is 0 Å². The van der Waals surface area contributed by atoms with Crippen molar-refractivity contribution in [2.24, 2.45) is 0 Å². The van der Waals surface area contributed by atoms with E-state index in [0.717, 1.165) is 56.5 Å². The molecule has 0 unspecified atom stereocenters. The SMILES string of the molecule is COc1cccc(CCNc2cc(N3CCN(C(C)=O)CC3)ncn2)c1. The molecule has 0 radical (unpaired) electrons. The number of nitrogens with zero attached hydrogens (tertiary/aromatic N) is 4. The summed E-state index contributed by atoms with van der Waals surface area (Å²) in [5, 5.41) is 3.35. The predicted octanol–water partition coefficient (Wildman–Crippen LogP) is 1.81. The smallest absolute Gasteiger partial charge is 0.219 e. The fourth-order valence-corrected chi connectivity index (χ4v) is 3.03. The fraction of sp³-hybridized carbons (Fsp3) is 0.421. The molecular weight excluding hydrogens is 330 g/mol. The number of nitrogens with one attached hydrogen (secondary N) is 1. The van der Waals surface area contributed by atoms with Gasteiger partial charge in [0, 0.05) is 45.7 Å². The lowest BCUT2D eigenvalue weighted by atomic mass is 10.1. The molecule has 138 valence electrons. The van der Waals surface area contributed by atoms with Gasteiger partial charge in [-0.05, 0) is 24.1 Å². The lowest BCUT2D eigenvalue weighted by Crippen LogP contribution is -2.48. The van der Waals surface area contributed by atoms with Crippen LogP contribution < -0.4 is 15.0 Å². The first-order chi connectivity index (χ1) is 12.7. The van der Waals surface area contributed by atoms with E-state index in [1.165, 1.54) is 5.56 Å². The van der Waals surface area contributed by atoms with Crippen LogP contribution in [0, 0.1) is 0 Å². The highest BCUT2D eigenvalue weighted by atomic mass is 16.5. The Morgan fingerprint density at radius 3 is 2.73 bits per heavy atom. The van der Waals surface area contributed by atoms with Crippen LogP contribution in [0.1, 0.15) is 12.5 Å². The van der Waals surface area contributed by atoms with Crippen LogP contribution in [0.4, 0.5) is 11.6 Å². The molecular formula is C19H25N5O2. The molecule has 0 spiro atoms. The van der Waals surface area contributed by atoms with Crippen LogP contribution in [-0.2, 0) is 11.2 Å². The van der Waals surface area contributed by atoms with E-state index < -0.39 is 0 Å². The normalized spacial score (nSPS) is 14.2. The summed E-state index contributed by atoms with van der Waals surface area (Å²) in [6.07, 6.45) is 2.47. The van der Waals surface area contributed by atoms with E-state index in [2.05, 4.69) is 26.3 Å². The van der Waals surface area contributed by atoms with E-state index >= 15 is 0 Å². The van der Waals surface area contributed by atoms with Gasteiger partial charge in [0.1, 0.15) is 23.7 Å². The molecule has 1 fully saturated rings. The first-order valence-electron chi connectivity index (χ1n) is 8.85. The molecule has 26 heavy (non-hydrogen) atoms. The van der Waals surface area contributed by atoms with Gasteiger partial charge in [0.15, 0.2) is 0 Å². The monoisotopic (exact) mass is 355 g/mol. The number of methoxy groups -OCH3 is 1. The number of rotatable bonds is 6. The maximum atomic E-state index is 11.4. The molecule has 1 amide bonds. The summed E-state index contributed by atoms with van der Waals surface area (Å²) in [6.45, 7) is 5.45. The molecule has 7 heteroatoms. The van der Waals surface area contributed by atoms with Crippen molar-refractivity contribution in [1.82, 2.24) is 14.9 Å². The summed E-state index contributed by atoms with van der Waals surface area (Å²) in [6, 6.07) is 10.0. The molecule has 1 N–H and O–H groups in total. The highest BCUT2D eigenvalue weighted by Crippen LogP contribution is 2.17. The second-order valence-corrected chi connectivity index (χ2v) is 6.28. The number of carbonyl (C=O) groups excluding carboxylic acids is 1. The summed E-state index contributed by atoms with van der Waals surface area (Å²) in [7, 11) is 1.68. The van der Waals surface area contributed by atoms with Crippen molar-refractivity contribution in [2.45, 2.75) is 13.3 Å². The number of carbonyl (C=O) groups is 1. The average molecular weight is 355 g/mol. The average Bonchev–Trinajstić information content (AvgIpc) is 2.68. The molecule has 1 aliphatic rings. The Labute approximate surface area is 154 Å². The van der Waals surface area contributed by atoms with E-state index in [9.17, 15) is 4.79 Å². The lowest BCUT2D eigenvalue weighted by molar-refractivity contribution is -0.129. The number of anilines is 2. The molecule has 0 bridgehead atoms. The van der Waals surface area contributed by atoms with Gasteiger partial charge in [0.2, 0.25) is 5.91 Å². The van der Waals surface area contributed by atoms with Crippen LogP contribution in [-0.4, -0.2) is 60.6 Å². The van der Waals surface area contributed by atoms with E-state index in [4.69, 9.17) is 4.74 Å². The van der Waals surface area contributed by atoms with E-state index in [-0.39, 0.29) is 5.91 Å². The Balaban J connectivity index is 1.53. The quantitative estimate of drug-likeness (QED) is 0.852. The Bertz CT molecular complexity index is 744. The summed E-state index contributed by atoms with van der Waals surface area (Å²) in [5.41, 5.74) is 1.21. The maximum absolute atomic E-state index is 11.4. The first-order valence-corrected chi connectivity index (χ1v) is 8.85. The van der Waals surface area contributed by atoms with Gasteiger partial charge in [0.25, 0.3) is 0 Å². The van der Waals surface area contributed by atoms with Gasteiger partial charge in [-0.15, -0.1) is 0 Å². The molecule has 1 saturated heterocycles. The minimum Gasteiger partial charge on any atom is -0.497 e. The standard InChI is InChI=1S/C19H25N5O2/c1-15(25)23-8-10-24(11-9-23)19-13-18(21-14-22-19)20-7-6-16-4-3-5-17(12-16)26-2/h3-5,12-14H,6-11H2,1-2H3,(H,20,21,22). The largest absolute Gasteiger partial charge is 0.497 e. The summed E-state index contributed by atoms with van der Waals surface area (Å²) in [4.78, 5) is 24.2. The minimum absolute atomic E-state index is 0.132. The van der Waals surface area contributed by atoms with Gasteiger partial charge in [-0.3, -0.25) is 4.79 Å². The van der Waals surface area contributed by atoms with Crippen LogP contribution in [0.25, 0.3) is 0 Å². The lowest BCUT2D eigenvalue weighted by Gasteiger charge is -2.34. The highest BCUT2D eigenvalue weighted by Gasteiger charge is 2.19. The number of ether oxygens (including phenoxy) is 1. The van der Waals surface area contributed by atoms with E-state index in [1.54, 1.807) is 20.4 Å². The van der Waals surface area contributed by atoms with Crippen LogP contribution in [0.3, 0.4) is 0 Å². The Kier molecular flexibility index (Phi) is 5.88. The van der Waals surface area contributed by atoms with Crippen molar-refractivity contribution < 1.29 is 9.53 Å². The second-order valence-electron chi connectivity index (χ2n) is 6.28. The molecule has 0 aliphatic carbocycles. The second kappa shape index (κ2) is 8.51. The third kappa shape index (κ3) is 4.62. The van der Waals surface area contributed by atoms with Crippen molar-refractivity contribution in [3.05, 3.63) is 42.2 Å². The van der Waals surface area contributed by atoms with Crippen molar-refractivity contribution >= 4 is 17.5 Å². The van der Waals surface area contributed by atoms with Crippen LogP contribution in [0.15, 0.2) is 36.7 Å². The molecule has 2 aromatic rings. The van der Waals surface area contributed by atoms with E-state index in [1.807, 2.05) is 29.2 Å². The summed E-state index contributed by atoms with van der Waals surface area (Å²) < 4.78 is 5.25. The maximum Gasteiger partial charge on any atom is 0.219 e. The molecule has 1 aromatic carbocycles. The number of hydrogen-bond donors (Lipinski definition) is 1. The molecule has 0 atom stereocenters. The third-order valence-electron chi connectivity index (χ3n) is 4.56. The van der Waals surface area contributed by atoms with Gasteiger partial charge in [-0.1, -0.05) is 12.1 Å². The molecule has 7 nitrogen and oxygen atoms in total. The zero-order chi connectivity index (χ0) is 18.4. The Morgan fingerprint density at radius 2 is 2.00 bits per heavy atom. The number of piperazine rings is 1. The zero-order valence-electron chi connectivity index (χ0n) is 15.3. The van der Waals surface area contributed by atoms with Crippen LogP contribution in [0.5, 0.6) is 5.75 Å². The highest BCUT2D eigenvalue weighted by molar-refractivity contribution is 5.73. The van der Waals surface area contributed by atoms with Gasteiger partial charge in [0.05, 0.1) is 7.11 Å². The van der Waals surface area contributed by atoms with Crippen molar-refractivity contribution in [3.8, 4) is 5.75 Å². The molecule has 2 heterocycles. The minimum atomic E-state index is 0.132. The van der Waals surface area contributed by atoms with Crippen LogP contribution in [0.2, 0.25) is 0 Å². The number of hydrogen-bond acceptors (Lipinski definition) is 6. The molecule has 1 aliphatic heterocycles. The topological polar surface area (TPSA) is 70.6 Å². The number of amides is 1. The van der Waals surface area contributed by atoms with Crippen LogP contribution >= 0.6 is 0 Å². The fourth-order valence-electron chi connectivity index (χ4n) is 3.03. The predicted molar refractivity (Wildman–Crippen MR) is 102 cm³/mol. The molecule has 0 saturated carbocycles. The van der Waals surface area contributed by atoms with Gasteiger partial charge >= 0.3 is 0 Å². The summed E-state index contributed by atoms with van der Waals surface area (Å²) >= 11 is 0. The Hall–Kier alpha value is -2.83. The molecule has 1 aromatic heterocycles. The van der Waals surface area contributed by atoms with Gasteiger partial charge < -0.3 is 19.9 Å². The zero-order valence-corrected chi connectivity index (χ0v) is 15.3. The van der Waals surface area contributed by atoms with Crippen molar-refractivity contribution in [2.75, 3.05) is 50.1 Å². The van der Waals surface area contributed by atoms with Gasteiger partial charge in [-0.2, -0.15) is 0 Å². The van der Waals surface area contributed by atoms with E-state index in [0.29, 0.717) is 0 Å². The first kappa shape index (κ1) is 18.0. The number of benzene rings is 1. The van der Waals surface area contributed by atoms with Gasteiger partial charge in [-0.25, -0.2) is 9.97 Å². The number of aromatic nitrogens is 2. The van der Waals surface area contributed by atoms with Crippen molar-refractivity contribution in [3.63, 3.8) is 0 Å². The molecule has 3 rings (SSSR count). The summed E-state index contributed by atoms with van der Waals surface area (Å²) in [5.74, 6) is 2.71. The third-order valence-corrected chi connectivity index (χ3v) is 4.56. The Morgan fingerprint density at radius 1 is 1.19 bits per heavy atom.